The van der Waals surface area contributed by atoms with Gasteiger partial charge in [0.2, 0.25) is 5.91 Å². The Hall–Kier alpha value is -0.240. The number of alkyl halides is 1. The second kappa shape index (κ2) is 4.73. The van der Waals surface area contributed by atoms with Gasteiger partial charge in [-0.15, -0.1) is 11.6 Å². The monoisotopic (exact) mass is 229 g/mol. The number of halogens is 1. The van der Waals surface area contributed by atoms with Crippen molar-refractivity contribution in [1.82, 2.24) is 5.32 Å². The number of carbonyl (C=O) groups is 1. The van der Waals surface area contributed by atoms with Crippen LogP contribution in [0.25, 0.3) is 0 Å². The number of nitrogens with one attached hydrogen (secondary N) is 1. The minimum absolute atomic E-state index is 0.269. The summed E-state index contributed by atoms with van der Waals surface area (Å²) in [5, 5.41) is 3.42. The molecule has 4 atom stereocenters. The van der Waals surface area contributed by atoms with Crippen LogP contribution in [0, 0.1) is 11.8 Å². The van der Waals surface area contributed by atoms with Crippen LogP contribution in [0.2, 0.25) is 0 Å². The van der Waals surface area contributed by atoms with E-state index in [0.29, 0.717) is 17.9 Å². The second-order valence-electron chi connectivity index (χ2n) is 4.98. The lowest BCUT2D eigenvalue weighted by Crippen LogP contribution is -2.39. The SMILES string of the molecule is CCC1CC1C(=O)NC1CCCC(Cl)C1. The molecule has 2 aliphatic rings. The number of carbonyl (C=O) groups excluding carboxylic acids is 1. The molecule has 1 N–H and O–H groups in total. The highest BCUT2D eigenvalue weighted by Crippen LogP contribution is 2.41. The maximum absolute atomic E-state index is 11.8. The van der Waals surface area contributed by atoms with E-state index in [4.69, 9.17) is 11.6 Å². The molecule has 0 bridgehead atoms. The van der Waals surface area contributed by atoms with Gasteiger partial charge >= 0.3 is 0 Å². The van der Waals surface area contributed by atoms with E-state index >= 15 is 0 Å². The van der Waals surface area contributed by atoms with Crippen molar-refractivity contribution in [2.75, 3.05) is 0 Å². The third-order valence-corrected chi connectivity index (χ3v) is 4.14. The van der Waals surface area contributed by atoms with E-state index in [9.17, 15) is 4.79 Å². The summed E-state index contributed by atoms with van der Waals surface area (Å²) >= 11 is 6.09. The van der Waals surface area contributed by atoms with Crippen LogP contribution in [-0.4, -0.2) is 17.3 Å². The van der Waals surface area contributed by atoms with Gasteiger partial charge in [0, 0.05) is 17.3 Å². The molecule has 1 amide bonds. The third kappa shape index (κ3) is 2.87. The Kier molecular flexibility index (Phi) is 3.55. The fourth-order valence-corrected chi connectivity index (χ4v) is 2.96. The minimum Gasteiger partial charge on any atom is -0.353 e. The van der Waals surface area contributed by atoms with E-state index in [1.165, 1.54) is 0 Å². The van der Waals surface area contributed by atoms with Crippen LogP contribution >= 0.6 is 11.6 Å². The summed E-state index contributed by atoms with van der Waals surface area (Å²) in [6, 6.07) is 0.340. The summed E-state index contributed by atoms with van der Waals surface area (Å²) in [6.45, 7) is 2.16. The summed E-state index contributed by atoms with van der Waals surface area (Å²) in [5.74, 6) is 1.24. The molecule has 2 fully saturated rings. The van der Waals surface area contributed by atoms with Gasteiger partial charge in [0.05, 0.1) is 0 Å². The average molecular weight is 230 g/mol. The van der Waals surface area contributed by atoms with Crippen molar-refractivity contribution in [2.45, 2.75) is 56.9 Å². The molecule has 0 aromatic carbocycles. The maximum atomic E-state index is 11.8. The quantitative estimate of drug-likeness (QED) is 0.741. The van der Waals surface area contributed by atoms with Gasteiger partial charge in [-0.2, -0.15) is 0 Å². The molecule has 2 rings (SSSR count). The first-order chi connectivity index (χ1) is 7.20. The zero-order valence-corrected chi connectivity index (χ0v) is 10.1. The van der Waals surface area contributed by atoms with Crippen LogP contribution in [0.1, 0.15) is 45.4 Å². The van der Waals surface area contributed by atoms with Crippen LogP contribution < -0.4 is 5.32 Å². The van der Waals surface area contributed by atoms with E-state index in [-0.39, 0.29) is 11.3 Å². The molecule has 0 aromatic heterocycles. The predicted octanol–water partition coefficient (Wildman–Crippen LogP) is 2.70. The molecule has 0 spiro atoms. The van der Waals surface area contributed by atoms with Gasteiger partial charge in [-0.25, -0.2) is 0 Å². The number of hydrogen-bond donors (Lipinski definition) is 1. The standard InChI is InChI=1S/C12H20ClNO/c1-2-8-6-11(8)12(15)14-10-5-3-4-9(13)7-10/h8-11H,2-7H2,1H3,(H,14,15). The predicted molar refractivity (Wildman–Crippen MR) is 61.9 cm³/mol. The van der Waals surface area contributed by atoms with E-state index in [1.807, 2.05) is 0 Å². The summed E-state index contributed by atoms with van der Waals surface area (Å²) in [7, 11) is 0. The Bertz CT molecular complexity index is 244. The zero-order valence-electron chi connectivity index (χ0n) is 9.34. The molecule has 2 nitrogen and oxygen atoms in total. The van der Waals surface area contributed by atoms with Crippen LogP contribution in [-0.2, 0) is 4.79 Å². The van der Waals surface area contributed by atoms with Gasteiger partial charge < -0.3 is 5.32 Å². The molecule has 15 heavy (non-hydrogen) atoms. The van der Waals surface area contributed by atoms with Crippen molar-refractivity contribution in [2.24, 2.45) is 11.8 Å². The second-order valence-corrected chi connectivity index (χ2v) is 5.60. The molecule has 0 heterocycles. The maximum Gasteiger partial charge on any atom is 0.223 e. The summed E-state index contributed by atoms with van der Waals surface area (Å²) < 4.78 is 0. The van der Waals surface area contributed by atoms with E-state index in [1.54, 1.807) is 0 Å². The lowest BCUT2D eigenvalue weighted by Gasteiger charge is -2.26. The third-order valence-electron chi connectivity index (χ3n) is 3.74. The van der Waals surface area contributed by atoms with E-state index in [0.717, 1.165) is 38.5 Å². The molecule has 3 heteroatoms. The van der Waals surface area contributed by atoms with Crippen molar-refractivity contribution < 1.29 is 4.79 Å². The van der Waals surface area contributed by atoms with Crippen molar-refractivity contribution >= 4 is 17.5 Å². The van der Waals surface area contributed by atoms with Crippen molar-refractivity contribution in [3.63, 3.8) is 0 Å². The molecule has 0 radical (unpaired) electrons. The average Bonchev–Trinajstić information content (AvgIpc) is 2.96. The fourth-order valence-electron chi connectivity index (χ4n) is 2.59. The van der Waals surface area contributed by atoms with Crippen molar-refractivity contribution in [3.05, 3.63) is 0 Å². The fraction of sp³-hybridized carbons (Fsp3) is 0.917. The summed E-state index contributed by atoms with van der Waals surface area (Å²) in [5.41, 5.74) is 0. The molecule has 4 unspecified atom stereocenters. The van der Waals surface area contributed by atoms with Crippen LogP contribution in [0.15, 0.2) is 0 Å². The first-order valence-electron chi connectivity index (χ1n) is 6.15. The van der Waals surface area contributed by atoms with Crippen LogP contribution in [0.4, 0.5) is 0 Å². The molecule has 0 saturated heterocycles. The van der Waals surface area contributed by atoms with Crippen LogP contribution in [0.5, 0.6) is 0 Å². The molecule has 0 aromatic rings. The lowest BCUT2D eigenvalue weighted by molar-refractivity contribution is -0.123. The van der Waals surface area contributed by atoms with Crippen molar-refractivity contribution in [1.29, 1.82) is 0 Å². The molecule has 2 saturated carbocycles. The highest BCUT2D eigenvalue weighted by molar-refractivity contribution is 6.20. The number of rotatable bonds is 3. The highest BCUT2D eigenvalue weighted by atomic mass is 35.5. The Balaban J connectivity index is 1.74. The van der Waals surface area contributed by atoms with Gasteiger partial charge in [-0.05, 0) is 38.0 Å². The molecular formula is C12H20ClNO. The highest BCUT2D eigenvalue weighted by Gasteiger charge is 2.41. The molecule has 0 aliphatic heterocycles. The Morgan fingerprint density at radius 3 is 2.80 bits per heavy atom. The Labute approximate surface area is 96.8 Å². The van der Waals surface area contributed by atoms with Gasteiger partial charge in [-0.3, -0.25) is 4.79 Å². The Morgan fingerprint density at radius 1 is 1.40 bits per heavy atom. The minimum atomic E-state index is 0.269. The Morgan fingerprint density at radius 2 is 2.20 bits per heavy atom. The van der Waals surface area contributed by atoms with Gasteiger partial charge in [0.25, 0.3) is 0 Å². The lowest BCUT2D eigenvalue weighted by atomic mass is 9.95. The van der Waals surface area contributed by atoms with E-state index in [2.05, 4.69) is 12.2 Å². The van der Waals surface area contributed by atoms with Crippen molar-refractivity contribution in [3.8, 4) is 0 Å². The van der Waals surface area contributed by atoms with Gasteiger partial charge in [0.15, 0.2) is 0 Å². The summed E-state index contributed by atoms with van der Waals surface area (Å²) in [6.07, 6.45) is 6.56. The summed E-state index contributed by atoms with van der Waals surface area (Å²) in [4.78, 5) is 11.8. The number of hydrogen-bond acceptors (Lipinski definition) is 1. The molecule has 2 aliphatic carbocycles. The first-order valence-corrected chi connectivity index (χ1v) is 6.58. The van der Waals surface area contributed by atoms with E-state index < -0.39 is 0 Å². The molecule has 86 valence electrons. The topological polar surface area (TPSA) is 29.1 Å². The zero-order chi connectivity index (χ0) is 10.8. The van der Waals surface area contributed by atoms with Gasteiger partial charge in [0.1, 0.15) is 0 Å². The first kappa shape index (κ1) is 11.3. The smallest absolute Gasteiger partial charge is 0.223 e. The normalized spacial score (nSPS) is 39.9. The molecular weight excluding hydrogens is 210 g/mol. The largest absolute Gasteiger partial charge is 0.353 e. The van der Waals surface area contributed by atoms with Gasteiger partial charge in [-0.1, -0.05) is 13.3 Å². The van der Waals surface area contributed by atoms with Crippen LogP contribution in [0.3, 0.4) is 0 Å². The number of amides is 1.